The van der Waals surface area contributed by atoms with Gasteiger partial charge in [0.25, 0.3) is 0 Å². The Morgan fingerprint density at radius 1 is 1.21 bits per heavy atom. The molecule has 1 aromatic heterocycles. The first-order valence-electron chi connectivity index (χ1n) is 8.39. The lowest BCUT2D eigenvalue weighted by atomic mass is 9.99. The van der Waals surface area contributed by atoms with Crippen LogP contribution in [0.15, 0.2) is 48.7 Å². The van der Waals surface area contributed by atoms with E-state index in [9.17, 15) is 9.18 Å². The third-order valence-corrected chi connectivity index (χ3v) is 4.42. The number of halogens is 1. The molecule has 0 aliphatic carbocycles. The smallest absolute Gasteiger partial charge is 0.234 e. The second-order valence-electron chi connectivity index (χ2n) is 6.10. The maximum Gasteiger partial charge on any atom is 0.234 e. The van der Waals surface area contributed by atoms with Gasteiger partial charge in [-0.15, -0.1) is 0 Å². The number of amides is 1. The molecular formula is C19H22FN3O. The van der Waals surface area contributed by atoms with Crippen molar-refractivity contribution in [1.29, 1.82) is 0 Å². The number of rotatable bonds is 5. The zero-order valence-electron chi connectivity index (χ0n) is 13.6. The van der Waals surface area contributed by atoms with Crippen LogP contribution in [0.1, 0.15) is 36.6 Å². The van der Waals surface area contributed by atoms with Crippen molar-refractivity contribution in [2.45, 2.75) is 31.8 Å². The summed E-state index contributed by atoms with van der Waals surface area (Å²) in [6, 6.07) is 12.6. The normalized spacial score (nSPS) is 18.3. The first-order valence-corrected chi connectivity index (χ1v) is 8.39. The predicted molar refractivity (Wildman–Crippen MR) is 90.6 cm³/mol. The van der Waals surface area contributed by atoms with Crippen LogP contribution in [0.2, 0.25) is 0 Å². The number of nitrogens with zero attached hydrogens (tertiary/aromatic N) is 2. The van der Waals surface area contributed by atoms with Gasteiger partial charge in [0.15, 0.2) is 0 Å². The fourth-order valence-electron chi connectivity index (χ4n) is 3.16. The molecule has 1 saturated heterocycles. The molecule has 0 radical (unpaired) electrons. The molecule has 0 unspecified atom stereocenters. The van der Waals surface area contributed by atoms with Crippen molar-refractivity contribution in [3.05, 3.63) is 65.7 Å². The van der Waals surface area contributed by atoms with E-state index in [-0.39, 0.29) is 24.3 Å². The highest BCUT2D eigenvalue weighted by atomic mass is 19.1. The summed E-state index contributed by atoms with van der Waals surface area (Å²) in [6.07, 6.45) is 5.04. The summed E-state index contributed by atoms with van der Waals surface area (Å²) in [6.45, 7) is 1.41. The number of hydrogen-bond acceptors (Lipinski definition) is 3. The standard InChI is InChI=1S/C19H22FN3O/c20-16-8-2-1-7-15(16)13-22-19(24)14-23-12-6-4-10-18(23)17-9-3-5-11-21-17/h1-3,5,7-9,11,18H,4,6,10,12-14H2,(H,22,24)/t18-/m0/s1. The van der Waals surface area contributed by atoms with Crippen molar-refractivity contribution in [1.82, 2.24) is 15.2 Å². The van der Waals surface area contributed by atoms with Gasteiger partial charge in [-0.05, 0) is 37.6 Å². The Hall–Kier alpha value is -2.27. The lowest BCUT2D eigenvalue weighted by Crippen LogP contribution is -2.41. The van der Waals surface area contributed by atoms with Gasteiger partial charge in [0.1, 0.15) is 5.82 Å². The van der Waals surface area contributed by atoms with Crippen LogP contribution >= 0.6 is 0 Å². The molecule has 1 amide bonds. The van der Waals surface area contributed by atoms with Crippen LogP contribution in [0.25, 0.3) is 0 Å². The van der Waals surface area contributed by atoms with Crippen molar-refractivity contribution in [3.63, 3.8) is 0 Å². The molecule has 1 aliphatic heterocycles. The molecule has 126 valence electrons. The zero-order valence-corrected chi connectivity index (χ0v) is 13.6. The highest BCUT2D eigenvalue weighted by molar-refractivity contribution is 5.78. The molecule has 4 nitrogen and oxygen atoms in total. The molecule has 1 fully saturated rings. The van der Waals surface area contributed by atoms with E-state index < -0.39 is 0 Å². The van der Waals surface area contributed by atoms with E-state index in [4.69, 9.17) is 0 Å². The van der Waals surface area contributed by atoms with Crippen molar-refractivity contribution in [2.24, 2.45) is 0 Å². The molecule has 0 saturated carbocycles. The Morgan fingerprint density at radius 2 is 2.04 bits per heavy atom. The van der Waals surface area contributed by atoms with Crippen molar-refractivity contribution in [3.8, 4) is 0 Å². The summed E-state index contributed by atoms with van der Waals surface area (Å²) in [5, 5.41) is 2.82. The van der Waals surface area contributed by atoms with Crippen LogP contribution in [-0.4, -0.2) is 28.9 Å². The Morgan fingerprint density at radius 3 is 2.83 bits per heavy atom. The summed E-state index contributed by atoms with van der Waals surface area (Å²) in [5.41, 5.74) is 1.52. The number of benzene rings is 1. The number of pyridine rings is 1. The topological polar surface area (TPSA) is 45.2 Å². The predicted octanol–water partition coefficient (Wildman–Crippen LogP) is 3.06. The second-order valence-corrected chi connectivity index (χ2v) is 6.10. The van der Waals surface area contributed by atoms with Gasteiger partial charge < -0.3 is 5.32 Å². The van der Waals surface area contributed by atoms with Crippen LogP contribution in [0.4, 0.5) is 4.39 Å². The average Bonchev–Trinajstić information content (AvgIpc) is 2.62. The van der Waals surface area contributed by atoms with Gasteiger partial charge in [-0.2, -0.15) is 0 Å². The maximum absolute atomic E-state index is 13.6. The molecule has 0 bridgehead atoms. The van der Waals surface area contributed by atoms with E-state index >= 15 is 0 Å². The number of aromatic nitrogens is 1. The average molecular weight is 327 g/mol. The van der Waals surface area contributed by atoms with Gasteiger partial charge in [-0.1, -0.05) is 30.7 Å². The van der Waals surface area contributed by atoms with Gasteiger partial charge in [-0.25, -0.2) is 4.39 Å². The van der Waals surface area contributed by atoms with Gasteiger partial charge in [-0.3, -0.25) is 14.7 Å². The highest BCUT2D eigenvalue weighted by Crippen LogP contribution is 2.29. The number of likely N-dealkylation sites (tertiary alicyclic amines) is 1. The number of hydrogen-bond donors (Lipinski definition) is 1. The molecule has 5 heteroatoms. The van der Waals surface area contributed by atoms with E-state index in [2.05, 4.69) is 15.2 Å². The van der Waals surface area contributed by atoms with Crippen molar-refractivity contribution in [2.75, 3.05) is 13.1 Å². The third-order valence-electron chi connectivity index (χ3n) is 4.42. The molecule has 1 aliphatic rings. The van der Waals surface area contributed by atoms with Gasteiger partial charge in [0.05, 0.1) is 18.3 Å². The molecule has 3 rings (SSSR count). The van der Waals surface area contributed by atoms with Crippen LogP contribution in [0, 0.1) is 5.82 Å². The van der Waals surface area contributed by atoms with Crippen LogP contribution < -0.4 is 5.32 Å². The molecule has 2 aromatic rings. The summed E-state index contributed by atoms with van der Waals surface area (Å²) < 4.78 is 13.6. The minimum absolute atomic E-state index is 0.0823. The van der Waals surface area contributed by atoms with E-state index in [0.29, 0.717) is 12.1 Å². The molecule has 24 heavy (non-hydrogen) atoms. The van der Waals surface area contributed by atoms with E-state index in [0.717, 1.165) is 31.5 Å². The Kier molecular flexibility index (Phi) is 5.54. The first-order chi connectivity index (χ1) is 11.7. The Balaban J connectivity index is 1.59. The zero-order chi connectivity index (χ0) is 16.8. The summed E-state index contributed by atoms with van der Waals surface area (Å²) in [4.78, 5) is 18.9. The largest absolute Gasteiger partial charge is 0.351 e. The highest BCUT2D eigenvalue weighted by Gasteiger charge is 2.26. The third kappa shape index (κ3) is 4.17. The molecular weight excluding hydrogens is 305 g/mol. The van der Waals surface area contributed by atoms with Crippen LogP contribution in [-0.2, 0) is 11.3 Å². The van der Waals surface area contributed by atoms with E-state index in [1.54, 1.807) is 24.4 Å². The molecule has 0 spiro atoms. The van der Waals surface area contributed by atoms with Crippen LogP contribution in [0.3, 0.4) is 0 Å². The summed E-state index contributed by atoms with van der Waals surface area (Å²) in [5.74, 6) is -0.372. The molecule has 1 aromatic carbocycles. The Bertz CT molecular complexity index is 677. The second kappa shape index (κ2) is 8.02. The number of carbonyl (C=O) groups is 1. The van der Waals surface area contributed by atoms with Crippen molar-refractivity contribution < 1.29 is 9.18 Å². The maximum atomic E-state index is 13.6. The minimum Gasteiger partial charge on any atom is -0.351 e. The van der Waals surface area contributed by atoms with Crippen LogP contribution in [0.5, 0.6) is 0 Å². The van der Waals surface area contributed by atoms with Gasteiger partial charge in [0.2, 0.25) is 5.91 Å². The summed E-state index contributed by atoms with van der Waals surface area (Å²) in [7, 11) is 0. The lowest BCUT2D eigenvalue weighted by molar-refractivity contribution is -0.123. The van der Waals surface area contributed by atoms with Gasteiger partial charge >= 0.3 is 0 Å². The Labute approximate surface area is 141 Å². The first kappa shape index (κ1) is 16.6. The SMILES string of the molecule is O=C(CN1CCCC[C@H]1c1ccccn1)NCc1ccccc1F. The number of carbonyl (C=O) groups excluding carboxylic acids is 1. The fourth-order valence-corrected chi connectivity index (χ4v) is 3.16. The molecule has 1 atom stereocenters. The quantitative estimate of drug-likeness (QED) is 0.918. The van der Waals surface area contributed by atoms with Gasteiger partial charge in [0, 0.05) is 18.3 Å². The lowest BCUT2D eigenvalue weighted by Gasteiger charge is -2.34. The minimum atomic E-state index is -0.290. The van der Waals surface area contributed by atoms with E-state index in [1.807, 2.05) is 18.2 Å². The monoisotopic (exact) mass is 327 g/mol. The summed E-state index contributed by atoms with van der Waals surface area (Å²) >= 11 is 0. The molecule has 2 heterocycles. The van der Waals surface area contributed by atoms with Crippen molar-refractivity contribution >= 4 is 5.91 Å². The molecule has 1 N–H and O–H groups in total. The van der Waals surface area contributed by atoms with E-state index in [1.165, 1.54) is 6.07 Å². The number of nitrogens with one attached hydrogen (secondary N) is 1. The number of piperidine rings is 1. The fraction of sp³-hybridized carbons (Fsp3) is 0.368.